The predicted octanol–water partition coefficient (Wildman–Crippen LogP) is 2.67. The van der Waals surface area contributed by atoms with Gasteiger partial charge in [0.15, 0.2) is 0 Å². The predicted molar refractivity (Wildman–Crippen MR) is 69.1 cm³/mol. The Hall–Kier alpha value is 0.478. The van der Waals surface area contributed by atoms with Crippen LogP contribution < -0.4 is 10.6 Å². The molecule has 0 aromatic heterocycles. The Morgan fingerprint density at radius 1 is 1.19 bits per heavy atom. The topological polar surface area (TPSA) is 24.1 Å². The molecule has 2 N–H and O–H groups in total. The molecule has 1 unspecified atom stereocenters. The zero-order valence-corrected chi connectivity index (χ0v) is 14.8. The van der Waals surface area contributed by atoms with Crippen molar-refractivity contribution in [3.63, 3.8) is 0 Å². The van der Waals surface area contributed by atoms with Gasteiger partial charge in [-0.2, -0.15) is 0 Å². The molecule has 2 nitrogen and oxygen atoms in total. The number of nitrogens with one attached hydrogen (secondary N) is 2. The normalized spacial score (nSPS) is 14.9. The molecule has 0 amide bonds. The van der Waals surface area contributed by atoms with Crippen LogP contribution in [0.4, 0.5) is 0 Å². The molecule has 1 atom stereocenters. The van der Waals surface area contributed by atoms with E-state index in [1.807, 2.05) is 0 Å². The van der Waals surface area contributed by atoms with Gasteiger partial charge in [0.05, 0.1) is 0 Å². The Kier molecular flexibility index (Phi) is 6.61. The van der Waals surface area contributed by atoms with Crippen LogP contribution in [0.15, 0.2) is 0 Å². The minimum absolute atomic E-state index is 0.314. The van der Waals surface area contributed by atoms with E-state index in [1.54, 1.807) is 0 Å². The third kappa shape index (κ3) is 6.93. The molecule has 0 aliphatic rings. The van der Waals surface area contributed by atoms with Crippen LogP contribution in [-0.4, -0.2) is 16.7 Å². The number of hydrogen-bond acceptors (Lipinski definition) is 2. The van der Waals surface area contributed by atoms with E-state index in [0.717, 1.165) is 6.54 Å². The Balaban J connectivity index is 4.34. The standard InChI is InChI=1S/C13H28N2.W/c1-8-14-10-15-11(2)13(6,7)9-12(3,4)5;/h11,14-15H,8-9H2,1-7H3;. The second-order valence-electron chi connectivity index (χ2n) is 6.45. The summed E-state index contributed by atoms with van der Waals surface area (Å²) >= 11 is 1.48. The summed E-state index contributed by atoms with van der Waals surface area (Å²) in [6, 6.07) is 0.498. The first-order valence-electron chi connectivity index (χ1n) is 6.13. The summed E-state index contributed by atoms with van der Waals surface area (Å²) < 4.78 is 1.26. The SMILES string of the molecule is CCN[C](=[W])NC(C)C(C)(C)CC(C)(C)C. The van der Waals surface area contributed by atoms with E-state index in [0.29, 0.717) is 16.9 Å². The van der Waals surface area contributed by atoms with Crippen molar-refractivity contribution in [2.75, 3.05) is 6.54 Å². The van der Waals surface area contributed by atoms with Gasteiger partial charge in [0, 0.05) is 0 Å². The van der Waals surface area contributed by atoms with Gasteiger partial charge in [-0.3, -0.25) is 0 Å². The van der Waals surface area contributed by atoms with Crippen LogP contribution in [-0.2, 0) is 19.4 Å². The Morgan fingerprint density at radius 3 is 2.06 bits per heavy atom. The zero-order chi connectivity index (χ0) is 13.0. The maximum absolute atomic E-state index is 3.59. The van der Waals surface area contributed by atoms with Crippen molar-refractivity contribution in [2.45, 2.75) is 60.9 Å². The summed E-state index contributed by atoms with van der Waals surface area (Å²) in [7, 11) is 0. The van der Waals surface area contributed by atoms with Gasteiger partial charge >= 0.3 is 112 Å². The van der Waals surface area contributed by atoms with E-state index < -0.39 is 0 Å². The molecule has 0 saturated carbocycles. The average molecular weight is 396 g/mol. The Bertz CT molecular complexity index is 229. The summed E-state index contributed by atoms with van der Waals surface area (Å²) in [5, 5.41) is 6.94. The van der Waals surface area contributed by atoms with Gasteiger partial charge in [-0.05, 0) is 0 Å². The van der Waals surface area contributed by atoms with Crippen molar-refractivity contribution in [2.24, 2.45) is 10.8 Å². The molecular weight excluding hydrogens is 368 g/mol. The molecule has 0 radical (unpaired) electrons. The van der Waals surface area contributed by atoms with Crippen LogP contribution in [0.25, 0.3) is 0 Å². The first kappa shape index (κ1) is 16.5. The Labute approximate surface area is 112 Å². The molecule has 0 bridgehead atoms. The molecular formula is C13H28N2W. The first-order valence-corrected chi connectivity index (χ1v) is 7.59. The molecule has 16 heavy (non-hydrogen) atoms. The van der Waals surface area contributed by atoms with Crippen LogP contribution in [0.2, 0.25) is 0 Å². The van der Waals surface area contributed by atoms with Gasteiger partial charge < -0.3 is 0 Å². The van der Waals surface area contributed by atoms with E-state index in [9.17, 15) is 0 Å². The van der Waals surface area contributed by atoms with Gasteiger partial charge in [-0.15, -0.1) is 0 Å². The third-order valence-corrected chi connectivity index (χ3v) is 3.79. The van der Waals surface area contributed by atoms with Crippen LogP contribution in [0, 0.1) is 10.8 Å². The van der Waals surface area contributed by atoms with E-state index in [-0.39, 0.29) is 0 Å². The van der Waals surface area contributed by atoms with Gasteiger partial charge in [-0.1, -0.05) is 0 Å². The van der Waals surface area contributed by atoms with Crippen molar-refractivity contribution in [3.8, 4) is 0 Å². The van der Waals surface area contributed by atoms with E-state index in [2.05, 4.69) is 59.1 Å². The molecule has 0 aliphatic heterocycles. The average Bonchev–Trinajstić information content (AvgIpc) is 1.99. The minimum atomic E-state index is 0.314. The summed E-state index contributed by atoms with van der Waals surface area (Å²) in [6.07, 6.45) is 1.23. The molecule has 0 aromatic carbocycles. The quantitative estimate of drug-likeness (QED) is 0.722. The Morgan fingerprint density at radius 2 is 1.69 bits per heavy atom. The van der Waals surface area contributed by atoms with E-state index in [4.69, 9.17) is 0 Å². The molecule has 0 rings (SSSR count). The monoisotopic (exact) mass is 396 g/mol. The number of hydrogen-bond donors (Lipinski definition) is 2. The van der Waals surface area contributed by atoms with Crippen LogP contribution in [0.1, 0.15) is 54.9 Å². The van der Waals surface area contributed by atoms with Crippen molar-refractivity contribution in [3.05, 3.63) is 0 Å². The van der Waals surface area contributed by atoms with Gasteiger partial charge in [-0.25, -0.2) is 0 Å². The summed E-state index contributed by atoms with van der Waals surface area (Å²) in [5.41, 5.74) is 0.701. The summed E-state index contributed by atoms with van der Waals surface area (Å²) in [5.74, 6) is 0. The third-order valence-electron chi connectivity index (χ3n) is 2.84. The maximum atomic E-state index is 3.59. The van der Waals surface area contributed by atoms with Gasteiger partial charge in [0.2, 0.25) is 0 Å². The van der Waals surface area contributed by atoms with Crippen LogP contribution >= 0.6 is 0 Å². The van der Waals surface area contributed by atoms with Crippen LogP contribution in [0.5, 0.6) is 0 Å². The molecule has 0 saturated heterocycles. The molecule has 3 heteroatoms. The number of rotatable bonds is 6. The van der Waals surface area contributed by atoms with Crippen molar-refractivity contribution in [1.82, 2.24) is 10.6 Å². The summed E-state index contributed by atoms with van der Waals surface area (Å²) in [6.45, 7) is 17.1. The molecule has 0 heterocycles. The fourth-order valence-electron chi connectivity index (χ4n) is 2.12. The van der Waals surface area contributed by atoms with Crippen LogP contribution in [0.3, 0.4) is 0 Å². The molecule has 0 aromatic rings. The van der Waals surface area contributed by atoms with Crippen molar-refractivity contribution < 1.29 is 19.4 Å². The van der Waals surface area contributed by atoms with E-state index >= 15 is 0 Å². The molecule has 96 valence electrons. The van der Waals surface area contributed by atoms with Gasteiger partial charge in [0.1, 0.15) is 0 Å². The zero-order valence-electron chi connectivity index (χ0n) is 11.9. The van der Waals surface area contributed by atoms with Gasteiger partial charge in [0.25, 0.3) is 0 Å². The molecule has 0 fully saturated rings. The molecule has 0 aliphatic carbocycles. The summed E-state index contributed by atoms with van der Waals surface area (Å²) in [4.78, 5) is 0. The molecule has 0 spiro atoms. The van der Waals surface area contributed by atoms with Crippen molar-refractivity contribution in [1.29, 1.82) is 0 Å². The second kappa shape index (κ2) is 6.42. The second-order valence-corrected chi connectivity index (χ2v) is 7.92. The first-order chi connectivity index (χ1) is 7.08. The fourth-order valence-corrected chi connectivity index (χ4v) is 3.28. The van der Waals surface area contributed by atoms with Crippen molar-refractivity contribution >= 4 is 4.15 Å². The fraction of sp³-hybridized carbons (Fsp3) is 0.923. The van der Waals surface area contributed by atoms with E-state index in [1.165, 1.54) is 29.9 Å².